The Labute approximate surface area is 112 Å². The van der Waals surface area contributed by atoms with E-state index in [0.29, 0.717) is 24.3 Å². The molecule has 4 heteroatoms. The number of amides is 1. The SMILES string of the molecule is CC1(NC(=O)c2ccccc2C#CCO)CCOC1. The zero-order valence-electron chi connectivity index (χ0n) is 10.9. The zero-order valence-corrected chi connectivity index (χ0v) is 10.9. The summed E-state index contributed by atoms with van der Waals surface area (Å²) < 4.78 is 5.32. The first-order valence-electron chi connectivity index (χ1n) is 6.24. The topological polar surface area (TPSA) is 58.6 Å². The summed E-state index contributed by atoms with van der Waals surface area (Å²) in [5, 5.41) is 11.7. The van der Waals surface area contributed by atoms with Gasteiger partial charge in [-0.25, -0.2) is 0 Å². The molecule has 1 saturated heterocycles. The molecule has 0 radical (unpaired) electrons. The van der Waals surface area contributed by atoms with Crippen LogP contribution in [-0.2, 0) is 4.74 Å². The molecular formula is C15H17NO3. The van der Waals surface area contributed by atoms with Crippen LogP contribution in [0.1, 0.15) is 29.3 Å². The van der Waals surface area contributed by atoms with Gasteiger partial charge in [0.05, 0.1) is 17.7 Å². The number of aliphatic hydroxyl groups is 1. The Balaban J connectivity index is 2.19. The lowest BCUT2D eigenvalue weighted by Crippen LogP contribution is -2.46. The van der Waals surface area contributed by atoms with Gasteiger partial charge in [-0.05, 0) is 25.5 Å². The molecule has 1 aliphatic heterocycles. The summed E-state index contributed by atoms with van der Waals surface area (Å²) in [6.45, 7) is 2.95. The van der Waals surface area contributed by atoms with E-state index < -0.39 is 0 Å². The second-order valence-electron chi connectivity index (χ2n) is 4.82. The molecule has 100 valence electrons. The van der Waals surface area contributed by atoms with Gasteiger partial charge < -0.3 is 15.2 Å². The minimum absolute atomic E-state index is 0.157. The highest BCUT2D eigenvalue weighted by Crippen LogP contribution is 2.19. The second kappa shape index (κ2) is 5.87. The molecule has 1 amide bonds. The Morgan fingerprint density at radius 1 is 1.53 bits per heavy atom. The Bertz CT molecular complexity index is 522. The summed E-state index contributed by atoms with van der Waals surface area (Å²) in [5.41, 5.74) is 0.836. The van der Waals surface area contributed by atoms with Crippen LogP contribution in [0.15, 0.2) is 24.3 Å². The third-order valence-electron chi connectivity index (χ3n) is 3.11. The summed E-state index contributed by atoms with van der Waals surface area (Å²) in [6.07, 6.45) is 0.809. The van der Waals surface area contributed by atoms with E-state index in [-0.39, 0.29) is 18.1 Å². The van der Waals surface area contributed by atoms with Crippen molar-refractivity contribution < 1.29 is 14.6 Å². The van der Waals surface area contributed by atoms with Gasteiger partial charge in [0.25, 0.3) is 5.91 Å². The first-order chi connectivity index (χ1) is 9.14. The quantitative estimate of drug-likeness (QED) is 0.777. The molecule has 1 aliphatic rings. The average Bonchev–Trinajstić information content (AvgIpc) is 2.83. The standard InChI is InChI=1S/C15H17NO3/c1-15(8-10-19-11-15)16-14(18)13-7-3-2-5-12(13)6-4-9-17/h2-3,5,7,17H,8-11H2,1H3,(H,16,18). The number of hydrogen-bond acceptors (Lipinski definition) is 3. The van der Waals surface area contributed by atoms with Gasteiger partial charge in [0.1, 0.15) is 6.61 Å². The van der Waals surface area contributed by atoms with Crippen molar-refractivity contribution in [1.82, 2.24) is 5.32 Å². The van der Waals surface area contributed by atoms with Crippen molar-refractivity contribution in [3.8, 4) is 11.8 Å². The van der Waals surface area contributed by atoms with Crippen LogP contribution in [0.25, 0.3) is 0 Å². The number of hydrogen-bond donors (Lipinski definition) is 2. The fourth-order valence-electron chi connectivity index (χ4n) is 2.03. The van der Waals surface area contributed by atoms with E-state index >= 15 is 0 Å². The van der Waals surface area contributed by atoms with E-state index in [2.05, 4.69) is 17.2 Å². The molecule has 1 aromatic rings. The van der Waals surface area contributed by atoms with Gasteiger partial charge in [-0.3, -0.25) is 4.79 Å². The van der Waals surface area contributed by atoms with Gasteiger partial charge in [-0.15, -0.1) is 0 Å². The molecule has 0 bridgehead atoms. The monoisotopic (exact) mass is 259 g/mol. The first kappa shape index (κ1) is 13.6. The predicted molar refractivity (Wildman–Crippen MR) is 71.7 cm³/mol. The van der Waals surface area contributed by atoms with E-state index in [1.165, 1.54) is 0 Å². The van der Waals surface area contributed by atoms with Crippen molar-refractivity contribution in [2.45, 2.75) is 18.9 Å². The molecule has 1 unspecified atom stereocenters. The molecule has 0 spiro atoms. The summed E-state index contributed by atoms with van der Waals surface area (Å²) >= 11 is 0. The van der Waals surface area contributed by atoms with Gasteiger partial charge in [-0.2, -0.15) is 0 Å². The lowest BCUT2D eigenvalue weighted by Gasteiger charge is -2.23. The predicted octanol–water partition coefficient (Wildman–Crippen LogP) is 0.939. The van der Waals surface area contributed by atoms with Gasteiger partial charge in [0.15, 0.2) is 0 Å². The van der Waals surface area contributed by atoms with Crippen LogP contribution in [-0.4, -0.2) is 36.4 Å². The molecule has 2 N–H and O–H groups in total. The van der Waals surface area contributed by atoms with E-state index in [1.54, 1.807) is 18.2 Å². The molecule has 1 atom stereocenters. The van der Waals surface area contributed by atoms with Gasteiger partial charge in [0.2, 0.25) is 0 Å². The minimum Gasteiger partial charge on any atom is -0.384 e. The van der Waals surface area contributed by atoms with E-state index in [1.807, 2.05) is 13.0 Å². The van der Waals surface area contributed by atoms with Gasteiger partial charge in [0, 0.05) is 12.2 Å². The fourth-order valence-corrected chi connectivity index (χ4v) is 2.03. The maximum Gasteiger partial charge on any atom is 0.253 e. The number of ether oxygens (including phenoxy) is 1. The molecule has 4 nitrogen and oxygen atoms in total. The first-order valence-corrected chi connectivity index (χ1v) is 6.24. The molecule has 2 rings (SSSR count). The number of nitrogens with one attached hydrogen (secondary N) is 1. The number of carbonyl (C=O) groups excluding carboxylic acids is 1. The molecule has 19 heavy (non-hydrogen) atoms. The van der Waals surface area contributed by atoms with Crippen molar-refractivity contribution in [2.24, 2.45) is 0 Å². The highest BCUT2D eigenvalue weighted by molar-refractivity contribution is 5.97. The summed E-state index contributed by atoms with van der Waals surface area (Å²) in [6, 6.07) is 7.12. The van der Waals surface area contributed by atoms with Crippen molar-refractivity contribution >= 4 is 5.91 Å². The molecule has 1 aromatic carbocycles. The van der Waals surface area contributed by atoms with Crippen LogP contribution >= 0.6 is 0 Å². The largest absolute Gasteiger partial charge is 0.384 e. The lowest BCUT2D eigenvalue weighted by atomic mass is 10.00. The number of benzene rings is 1. The molecule has 0 saturated carbocycles. The molecule has 0 aromatic heterocycles. The minimum atomic E-state index is -0.311. The van der Waals surface area contributed by atoms with E-state index in [0.717, 1.165) is 6.42 Å². The summed E-state index contributed by atoms with van der Waals surface area (Å²) in [5.74, 6) is 5.20. The Hall–Kier alpha value is -1.83. The van der Waals surface area contributed by atoms with Gasteiger partial charge >= 0.3 is 0 Å². The van der Waals surface area contributed by atoms with Crippen molar-refractivity contribution in [3.05, 3.63) is 35.4 Å². The smallest absolute Gasteiger partial charge is 0.253 e. The van der Waals surface area contributed by atoms with Crippen LogP contribution in [0.5, 0.6) is 0 Å². The maximum absolute atomic E-state index is 12.3. The third-order valence-corrected chi connectivity index (χ3v) is 3.11. The normalized spacial score (nSPS) is 21.6. The maximum atomic E-state index is 12.3. The summed E-state index contributed by atoms with van der Waals surface area (Å²) in [7, 11) is 0. The molecule has 1 heterocycles. The van der Waals surface area contributed by atoms with Crippen LogP contribution < -0.4 is 5.32 Å². The fraction of sp³-hybridized carbons (Fsp3) is 0.400. The Morgan fingerprint density at radius 2 is 2.32 bits per heavy atom. The number of aliphatic hydroxyl groups excluding tert-OH is 1. The van der Waals surface area contributed by atoms with Crippen LogP contribution in [0.2, 0.25) is 0 Å². The highest BCUT2D eigenvalue weighted by Gasteiger charge is 2.31. The summed E-state index contributed by atoms with van der Waals surface area (Å²) in [4.78, 5) is 12.3. The Morgan fingerprint density at radius 3 is 3.00 bits per heavy atom. The molecular weight excluding hydrogens is 242 g/mol. The highest BCUT2D eigenvalue weighted by atomic mass is 16.5. The van der Waals surface area contributed by atoms with Crippen molar-refractivity contribution in [2.75, 3.05) is 19.8 Å². The van der Waals surface area contributed by atoms with Crippen LogP contribution in [0.3, 0.4) is 0 Å². The van der Waals surface area contributed by atoms with Crippen molar-refractivity contribution in [1.29, 1.82) is 0 Å². The van der Waals surface area contributed by atoms with E-state index in [9.17, 15) is 4.79 Å². The van der Waals surface area contributed by atoms with Crippen molar-refractivity contribution in [3.63, 3.8) is 0 Å². The Kier molecular flexibility index (Phi) is 4.20. The van der Waals surface area contributed by atoms with Gasteiger partial charge in [-0.1, -0.05) is 24.0 Å². The third kappa shape index (κ3) is 3.34. The number of carbonyl (C=O) groups is 1. The lowest BCUT2D eigenvalue weighted by molar-refractivity contribution is 0.0889. The zero-order chi connectivity index (χ0) is 13.7. The van der Waals surface area contributed by atoms with Crippen LogP contribution in [0, 0.1) is 11.8 Å². The second-order valence-corrected chi connectivity index (χ2v) is 4.82. The average molecular weight is 259 g/mol. The van der Waals surface area contributed by atoms with E-state index in [4.69, 9.17) is 9.84 Å². The number of rotatable bonds is 2. The van der Waals surface area contributed by atoms with Crippen LogP contribution in [0.4, 0.5) is 0 Å². The molecule has 1 fully saturated rings. The molecule has 0 aliphatic carbocycles.